The molecule has 0 unspecified atom stereocenters. The van der Waals surface area contributed by atoms with E-state index in [2.05, 4.69) is 10.6 Å². The molecule has 1 amide bonds. The lowest BCUT2D eigenvalue weighted by atomic mass is 10.3. The molecule has 88 valence electrons. The van der Waals surface area contributed by atoms with Gasteiger partial charge in [0.1, 0.15) is 11.6 Å². The number of rotatable bonds is 4. The van der Waals surface area contributed by atoms with Gasteiger partial charge in [-0.25, -0.2) is 8.78 Å². The van der Waals surface area contributed by atoms with Gasteiger partial charge in [0.2, 0.25) is 5.91 Å². The minimum atomic E-state index is -0.711. The van der Waals surface area contributed by atoms with Gasteiger partial charge in [-0.05, 0) is 26.0 Å². The molecule has 0 aliphatic carbocycles. The van der Waals surface area contributed by atoms with Crippen LogP contribution in [-0.4, -0.2) is 18.5 Å². The molecule has 1 rings (SSSR count). The van der Waals surface area contributed by atoms with Crippen LogP contribution in [0, 0.1) is 11.6 Å². The quantitative estimate of drug-likeness (QED) is 0.826. The third-order valence-corrected chi connectivity index (χ3v) is 1.82. The van der Waals surface area contributed by atoms with Crippen LogP contribution < -0.4 is 10.6 Å². The summed E-state index contributed by atoms with van der Waals surface area (Å²) in [6.45, 7) is 3.62. The molecule has 5 heteroatoms. The van der Waals surface area contributed by atoms with Crippen molar-refractivity contribution < 1.29 is 13.6 Å². The predicted molar refractivity (Wildman–Crippen MR) is 58.1 cm³/mol. The fourth-order valence-electron chi connectivity index (χ4n) is 1.18. The van der Waals surface area contributed by atoms with E-state index in [9.17, 15) is 13.6 Å². The Labute approximate surface area is 92.8 Å². The van der Waals surface area contributed by atoms with E-state index in [1.165, 1.54) is 6.07 Å². The van der Waals surface area contributed by atoms with E-state index in [0.717, 1.165) is 12.1 Å². The molecular weight excluding hydrogens is 214 g/mol. The molecule has 0 aliphatic heterocycles. The Balaban J connectivity index is 2.51. The second kappa shape index (κ2) is 5.44. The third-order valence-electron chi connectivity index (χ3n) is 1.82. The highest BCUT2D eigenvalue weighted by Gasteiger charge is 2.06. The van der Waals surface area contributed by atoms with E-state index in [4.69, 9.17) is 0 Å². The van der Waals surface area contributed by atoms with E-state index in [0.29, 0.717) is 0 Å². The number of amides is 1. The molecule has 0 saturated carbocycles. The van der Waals surface area contributed by atoms with Gasteiger partial charge in [0, 0.05) is 12.1 Å². The number of halogens is 2. The normalized spacial score (nSPS) is 10.3. The molecule has 0 spiro atoms. The van der Waals surface area contributed by atoms with Gasteiger partial charge in [0.05, 0.1) is 12.2 Å². The van der Waals surface area contributed by atoms with Crippen LogP contribution in [0.2, 0.25) is 0 Å². The van der Waals surface area contributed by atoms with Crippen LogP contribution in [0.5, 0.6) is 0 Å². The summed E-state index contributed by atoms with van der Waals surface area (Å²) in [5.41, 5.74) is 0.111. The Hall–Kier alpha value is -1.65. The van der Waals surface area contributed by atoms with Crippen molar-refractivity contribution in [1.82, 2.24) is 5.32 Å². The Morgan fingerprint density at radius 3 is 2.62 bits per heavy atom. The zero-order valence-electron chi connectivity index (χ0n) is 9.18. The highest BCUT2D eigenvalue weighted by Crippen LogP contribution is 2.14. The van der Waals surface area contributed by atoms with Crippen LogP contribution in [-0.2, 0) is 4.79 Å². The van der Waals surface area contributed by atoms with Crippen LogP contribution >= 0.6 is 0 Å². The monoisotopic (exact) mass is 228 g/mol. The van der Waals surface area contributed by atoms with E-state index in [-0.39, 0.29) is 24.2 Å². The number of benzene rings is 1. The van der Waals surface area contributed by atoms with Crippen LogP contribution in [0.15, 0.2) is 18.2 Å². The fourth-order valence-corrected chi connectivity index (χ4v) is 1.18. The van der Waals surface area contributed by atoms with Crippen molar-refractivity contribution in [1.29, 1.82) is 0 Å². The minimum Gasteiger partial charge on any atom is -0.374 e. The van der Waals surface area contributed by atoms with Crippen molar-refractivity contribution in [2.75, 3.05) is 11.9 Å². The van der Waals surface area contributed by atoms with E-state index in [1.807, 2.05) is 13.8 Å². The molecule has 0 saturated heterocycles. The molecule has 0 fully saturated rings. The molecule has 3 nitrogen and oxygen atoms in total. The number of hydrogen-bond acceptors (Lipinski definition) is 2. The molecule has 1 aromatic carbocycles. The van der Waals surface area contributed by atoms with Crippen molar-refractivity contribution >= 4 is 11.6 Å². The first-order valence-electron chi connectivity index (χ1n) is 4.97. The lowest BCUT2D eigenvalue weighted by molar-refractivity contribution is -0.119. The average Bonchev–Trinajstić information content (AvgIpc) is 2.15. The maximum atomic E-state index is 13.1. The number of carbonyl (C=O) groups excluding carboxylic acids is 1. The second-order valence-electron chi connectivity index (χ2n) is 3.70. The number of hydrogen-bond donors (Lipinski definition) is 2. The summed E-state index contributed by atoms with van der Waals surface area (Å²) in [7, 11) is 0. The summed E-state index contributed by atoms with van der Waals surface area (Å²) in [5.74, 6) is -1.59. The van der Waals surface area contributed by atoms with Crippen molar-refractivity contribution in [2.24, 2.45) is 0 Å². The maximum absolute atomic E-state index is 13.1. The highest BCUT2D eigenvalue weighted by molar-refractivity contribution is 5.80. The summed E-state index contributed by atoms with van der Waals surface area (Å²) in [5, 5.41) is 5.24. The molecule has 0 heterocycles. The molecule has 0 aromatic heterocycles. The molecule has 16 heavy (non-hydrogen) atoms. The Morgan fingerprint density at radius 1 is 1.38 bits per heavy atom. The molecule has 2 N–H and O–H groups in total. The van der Waals surface area contributed by atoms with Gasteiger partial charge < -0.3 is 10.6 Å². The van der Waals surface area contributed by atoms with Crippen LogP contribution in [0.1, 0.15) is 13.8 Å². The zero-order valence-corrected chi connectivity index (χ0v) is 9.18. The first-order chi connectivity index (χ1) is 7.49. The molecule has 0 radical (unpaired) electrons. The van der Waals surface area contributed by atoms with E-state index < -0.39 is 11.6 Å². The lowest BCUT2D eigenvalue weighted by Crippen LogP contribution is -2.34. The Bertz CT molecular complexity index is 380. The van der Waals surface area contributed by atoms with Crippen molar-refractivity contribution in [3.8, 4) is 0 Å². The third kappa shape index (κ3) is 3.84. The molecule has 0 bridgehead atoms. The summed E-state index contributed by atoms with van der Waals surface area (Å²) >= 11 is 0. The molecule has 1 aromatic rings. The highest BCUT2D eigenvalue weighted by atomic mass is 19.1. The van der Waals surface area contributed by atoms with Gasteiger partial charge >= 0.3 is 0 Å². The predicted octanol–water partition coefficient (Wildman–Crippen LogP) is 1.90. The standard InChI is InChI=1S/C11H14F2N2O/c1-7(2)15-11(16)6-14-10-4-3-8(12)5-9(10)13/h3-5,7,14H,6H2,1-2H3,(H,15,16). The molecule has 0 aliphatic rings. The van der Waals surface area contributed by atoms with Gasteiger partial charge in [-0.3, -0.25) is 4.79 Å². The summed E-state index contributed by atoms with van der Waals surface area (Å²) in [4.78, 5) is 11.2. The van der Waals surface area contributed by atoms with Crippen LogP contribution in [0.25, 0.3) is 0 Å². The minimum absolute atomic E-state index is 0.0346. The number of nitrogens with one attached hydrogen (secondary N) is 2. The van der Waals surface area contributed by atoms with Crippen LogP contribution in [0.3, 0.4) is 0 Å². The number of carbonyl (C=O) groups is 1. The smallest absolute Gasteiger partial charge is 0.239 e. The molecule has 0 atom stereocenters. The van der Waals surface area contributed by atoms with E-state index >= 15 is 0 Å². The van der Waals surface area contributed by atoms with Gasteiger partial charge in [-0.1, -0.05) is 0 Å². The second-order valence-corrected chi connectivity index (χ2v) is 3.70. The first-order valence-corrected chi connectivity index (χ1v) is 4.97. The van der Waals surface area contributed by atoms with Gasteiger partial charge in [0.15, 0.2) is 0 Å². The summed E-state index contributed by atoms with van der Waals surface area (Å²) in [6, 6.07) is 3.19. The average molecular weight is 228 g/mol. The first kappa shape index (κ1) is 12.4. The summed E-state index contributed by atoms with van der Waals surface area (Å²) < 4.78 is 25.7. The topological polar surface area (TPSA) is 41.1 Å². The maximum Gasteiger partial charge on any atom is 0.239 e. The number of anilines is 1. The van der Waals surface area contributed by atoms with Gasteiger partial charge in [-0.2, -0.15) is 0 Å². The lowest BCUT2D eigenvalue weighted by Gasteiger charge is -2.10. The van der Waals surface area contributed by atoms with Crippen molar-refractivity contribution in [3.63, 3.8) is 0 Å². The SMILES string of the molecule is CC(C)NC(=O)CNc1ccc(F)cc1F. The summed E-state index contributed by atoms with van der Waals surface area (Å²) in [6.07, 6.45) is 0. The van der Waals surface area contributed by atoms with Gasteiger partial charge in [0.25, 0.3) is 0 Å². The van der Waals surface area contributed by atoms with Gasteiger partial charge in [-0.15, -0.1) is 0 Å². The Kier molecular flexibility index (Phi) is 4.22. The van der Waals surface area contributed by atoms with Crippen molar-refractivity contribution in [2.45, 2.75) is 19.9 Å². The van der Waals surface area contributed by atoms with E-state index in [1.54, 1.807) is 0 Å². The molecular formula is C11H14F2N2O. The van der Waals surface area contributed by atoms with Crippen LogP contribution in [0.4, 0.5) is 14.5 Å². The fraction of sp³-hybridized carbons (Fsp3) is 0.364. The largest absolute Gasteiger partial charge is 0.374 e. The zero-order chi connectivity index (χ0) is 12.1. The van der Waals surface area contributed by atoms with Crippen molar-refractivity contribution in [3.05, 3.63) is 29.8 Å². The Morgan fingerprint density at radius 2 is 2.06 bits per heavy atom.